The highest BCUT2D eigenvalue weighted by Crippen LogP contribution is 2.31. The Morgan fingerprint density at radius 3 is 2.67 bits per heavy atom. The van der Waals surface area contributed by atoms with E-state index in [1.54, 1.807) is 4.31 Å². The van der Waals surface area contributed by atoms with Gasteiger partial charge in [0.1, 0.15) is 0 Å². The minimum atomic E-state index is -3.21. The third-order valence-electron chi connectivity index (χ3n) is 3.11. The second-order valence-corrected chi connectivity index (χ2v) is 6.91. The summed E-state index contributed by atoms with van der Waals surface area (Å²) in [4.78, 5) is 0. The van der Waals surface area contributed by atoms with Crippen LogP contribution >= 0.6 is 0 Å². The molecule has 0 bridgehead atoms. The maximum absolute atomic E-state index is 12.1. The molecule has 1 aliphatic rings. The van der Waals surface area contributed by atoms with E-state index < -0.39 is 10.0 Å². The summed E-state index contributed by atoms with van der Waals surface area (Å²) in [5, 5.41) is 0. The Balaban J connectivity index is 2.17. The minimum Gasteiger partial charge on any atom is -0.329 e. The number of nitrogens with zero attached hydrogens (tertiary/aromatic N) is 1. The number of hydrogen-bond acceptors (Lipinski definition) is 3. The molecule has 2 N–H and O–H groups in total. The third kappa shape index (κ3) is 3.31. The van der Waals surface area contributed by atoms with Crippen molar-refractivity contribution < 1.29 is 8.42 Å². The smallest absolute Gasteiger partial charge is 0.215 e. The normalized spacial score (nSPS) is 16.2. The molecule has 1 fully saturated rings. The van der Waals surface area contributed by atoms with E-state index in [-0.39, 0.29) is 18.3 Å². The molecule has 0 heterocycles. The van der Waals surface area contributed by atoms with Gasteiger partial charge in [0.05, 0.1) is 5.75 Å². The van der Waals surface area contributed by atoms with E-state index in [2.05, 4.69) is 0 Å². The number of sulfonamides is 1. The van der Waals surface area contributed by atoms with Crippen LogP contribution in [0.2, 0.25) is 0 Å². The molecule has 0 amide bonds. The predicted octanol–water partition coefficient (Wildman–Crippen LogP) is 1.25. The van der Waals surface area contributed by atoms with Gasteiger partial charge in [-0.25, -0.2) is 8.42 Å². The van der Waals surface area contributed by atoms with E-state index in [1.165, 1.54) is 0 Å². The van der Waals surface area contributed by atoms with Crippen molar-refractivity contribution in [2.75, 3.05) is 12.3 Å². The molecule has 2 rings (SSSR count). The molecule has 0 unspecified atom stereocenters. The van der Waals surface area contributed by atoms with Crippen molar-refractivity contribution >= 4 is 10.0 Å². The zero-order valence-electron chi connectivity index (χ0n) is 10.7. The highest BCUT2D eigenvalue weighted by atomic mass is 32.2. The highest BCUT2D eigenvalue weighted by Gasteiger charge is 2.36. The fraction of sp³-hybridized carbons (Fsp3) is 0.538. The van der Waals surface area contributed by atoms with Gasteiger partial charge < -0.3 is 5.73 Å². The van der Waals surface area contributed by atoms with Crippen LogP contribution in [-0.4, -0.2) is 31.1 Å². The lowest BCUT2D eigenvalue weighted by Gasteiger charge is -2.21. The maximum Gasteiger partial charge on any atom is 0.215 e. The number of aryl methyl sites for hydroxylation is 1. The van der Waals surface area contributed by atoms with E-state index >= 15 is 0 Å². The van der Waals surface area contributed by atoms with Crippen LogP contribution < -0.4 is 5.73 Å². The molecule has 1 aliphatic carbocycles. The predicted molar refractivity (Wildman–Crippen MR) is 72.6 cm³/mol. The molecule has 4 nitrogen and oxygen atoms in total. The fourth-order valence-electron chi connectivity index (χ4n) is 2.07. The molecule has 5 heteroatoms. The first-order valence-electron chi connectivity index (χ1n) is 6.28. The molecule has 0 spiro atoms. The van der Waals surface area contributed by atoms with Crippen molar-refractivity contribution in [3.63, 3.8) is 0 Å². The molecule has 0 radical (unpaired) electrons. The second-order valence-electron chi connectivity index (χ2n) is 4.87. The van der Waals surface area contributed by atoms with Crippen molar-refractivity contribution in [1.29, 1.82) is 0 Å². The van der Waals surface area contributed by atoms with E-state index in [4.69, 9.17) is 5.73 Å². The number of benzene rings is 1. The molecular weight excluding hydrogens is 248 g/mol. The molecule has 0 saturated heterocycles. The lowest BCUT2D eigenvalue weighted by atomic mass is 10.1. The van der Waals surface area contributed by atoms with Gasteiger partial charge in [-0.2, -0.15) is 4.31 Å². The van der Waals surface area contributed by atoms with Crippen molar-refractivity contribution in [3.05, 3.63) is 35.4 Å². The Morgan fingerprint density at radius 1 is 1.39 bits per heavy atom. The zero-order chi connectivity index (χ0) is 13.2. The summed E-state index contributed by atoms with van der Waals surface area (Å²) in [6.07, 6.45) is 1.94. The summed E-state index contributed by atoms with van der Waals surface area (Å²) in [7, 11) is -3.21. The topological polar surface area (TPSA) is 63.4 Å². The van der Waals surface area contributed by atoms with E-state index in [9.17, 15) is 8.42 Å². The van der Waals surface area contributed by atoms with Gasteiger partial charge >= 0.3 is 0 Å². The average molecular weight is 268 g/mol. The highest BCUT2D eigenvalue weighted by molar-refractivity contribution is 7.89. The summed E-state index contributed by atoms with van der Waals surface area (Å²) in [5.41, 5.74) is 7.58. The van der Waals surface area contributed by atoms with Crippen molar-refractivity contribution in [3.8, 4) is 0 Å². The molecular formula is C13H20N2O2S. The molecule has 18 heavy (non-hydrogen) atoms. The lowest BCUT2D eigenvalue weighted by Crippen LogP contribution is -2.36. The van der Waals surface area contributed by atoms with Crippen LogP contribution in [0.3, 0.4) is 0 Å². The Bertz CT molecular complexity index is 509. The summed E-state index contributed by atoms with van der Waals surface area (Å²) in [5.74, 6) is 0.0370. The van der Waals surface area contributed by atoms with E-state index in [0.29, 0.717) is 6.54 Å². The average Bonchev–Trinajstić information content (AvgIpc) is 3.09. The molecule has 0 aliphatic heterocycles. The van der Waals surface area contributed by atoms with Crippen molar-refractivity contribution in [2.24, 2.45) is 5.73 Å². The summed E-state index contributed by atoms with van der Waals surface area (Å²) in [6, 6.07) is 8.17. The van der Waals surface area contributed by atoms with Crippen LogP contribution in [-0.2, 0) is 16.6 Å². The van der Waals surface area contributed by atoms with Crippen LogP contribution in [0.4, 0.5) is 0 Å². The van der Waals surface area contributed by atoms with E-state index in [0.717, 1.165) is 24.0 Å². The first kappa shape index (κ1) is 13.5. The van der Waals surface area contributed by atoms with Gasteiger partial charge in [0.2, 0.25) is 10.0 Å². The number of hydrogen-bond donors (Lipinski definition) is 1. The Morgan fingerprint density at radius 2 is 2.11 bits per heavy atom. The van der Waals surface area contributed by atoms with Gasteiger partial charge in [0.15, 0.2) is 0 Å². The van der Waals surface area contributed by atoms with Gasteiger partial charge in [-0.05, 0) is 25.3 Å². The van der Waals surface area contributed by atoms with Crippen LogP contribution in [0.1, 0.15) is 24.0 Å². The quantitative estimate of drug-likeness (QED) is 0.844. The van der Waals surface area contributed by atoms with Gasteiger partial charge in [0.25, 0.3) is 0 Å². The first-order chi connectivity index (χ1) is 8.53. The third-order valence-corrected chi connectivity index (χ3v) is 5.00. The van der Waals surface area contributed by atoms with Crippen LogP contribution in [0.15, 0.2) is 24.3 Å². The molecule has 1 aromatic rings. The van der Waals surface area contributed by atoms with Gasteiger partial charge in [-0.3, -0.25) is 0 Å². The fourth-order valence-corrected chi connectivity index (χ4v) is 3.62. The Labute approximate surface area is 109 Å². The van der Waals surface area contributed by atoms with Gasteiger partial charge in [-0.15, -0.1) is 0 Å². The molecule has 0 aromatic heterocycles. The number of rotatable bonds is 6. The molecule has 1 aromatic carbocycles. The molecule has 0 atom stereocenters. The maximum atomic E-state index is 12.1. The zero-order valence-corrected chi connectivity index (χ0v) is 11.5. The van der Waals surface area contributed by atoms with Crippen LogP contribution in [0, 0.1) is 6.92 Å². The molecule has 100 valence electrons. The van der Waals surface area contributed by atoms with Crippen LogP contribution in [0.5, 0.6) is 0 Å². The number of nitrogens with two attached hydrogens (primary N) is 1. The monoisotopic (exact) mass is 268 g/mol. The summed E-state index contributed by atoms with van der Waals surface area (Å²) in [6.45, 7) is 2.66. The van der Waals surface area contributed by atoms with Crippen molar-refractivity contribution in [1.82, 2.24) is 4.31 Å². The lowest BCUT2D eigenvalue weighted by molar-refractivity contribution is 0.399. The minimum absolute atomic E-state index is 0.0370. The second kappa shape index (κ2) is 5.38. The van der Waals surface area contributed by atoms with Gasteiger partial charge in [0, 0.05) is 19.1 Å². The standard InChI is InChI=1S/C13H20N2O2S/c1-11-3-2-4-12(9-11)10-15(13-5-6-13)18(16,17)8-7-14/h2-4,9,13H,5-8,10,14H2,1H3. The Kier molecular flexibility index (Phi) is 4.04. The van der Waals surface area contributed by atoms with E-state index in [1.807, 2.05) is 31.2 Å². The Hall–Kier alpha value is -0.910. The van der Waals surface area contributed by atoms with Crippen LogP contribution in [0.25, 0.3) is 0 Å². The first-order valence-corrected chi connectivity index (χ1v) is 7.89. The largest absolute Gasteiger partial charge is 0.329 e. The molecule has 1 saturated carbocycles. The van der Waals surface area contributed by atoms with Gasteiger partial charge in [-0.1, -0.05) is 29.8 Å². The SMILES string of the molecule is Cc1cccc(CN(C2CC2)S(=O)(=O)CCN)c1. The van der Waals surface area contributed by atoms with Crippen molar-refractivity contribution in [2.45, 2.75) is 32.4 Å². The summed E-state index contributed by atoms with van der Waals surface area (Å²) < 4.78 is 25.9. The summed E-state index contributed by atoms with van der Waals surface area (Å²) >= 11 is 0.